The Morgan fingerprint density at radius 1 is 1.24 bits per heavy atom. The summed E-state index contributed by atoms with van der Waals surface area (Å²) in [7, 11) is 1.63. The van der Waals surface area contributed by atoms with Crippen molar-refractivity contribution in [3.8, 4) is 5.88 Å². The van der Waals surface area contributed by atoms with Gasteiger partial charge in [-0.15, -0.1) is 0 Å². The largest absolute Gasteiger partial charge is 0.475 e. The lowest BCUT2D eigenvalue weighted by molar-refractivity contribution is 0.0639. The van der Waals surface area contributed by atoms with Crippen LogP contribution in [0.3, 0.4) is 0 Å². The molecule has 0 bridgehead atoms. The van der Waals surface area contributed by atoms with Crippen LogP contribution < -0.4 is 10.1 Å². The molecule has 1 aromatic rings. The standard InChI is InChI=1S/C15H25FN2O3/c1-3-6-17-12-13-5-7-18-15(14(13)16)21-9-4-8-20-11-10-19-2/h5,7,17H,3-4,6,8-12H2,1-2H3. The number of nitrogens with zero attached hydrogens (tertiary/aromatic N) is 1. The third-order valence-electron chi connectivity index (χ3n) is 2.78. The quantitative estimate of drug-likeness (QED) is 0.599. The van der Waals surface area contributed by atoms with Crippen LogP contribution in [0.2, 0.25) is 0 Å². The zero-order valence-corrected chi connectivity index (χ0v) is 12.9. The Labute approximate surface area is 125 Å². The highest BCUT2D eigenvalue weighted by molar-refractivity contribution is 5.23. The van der Waals surface area contributed by atoms with Gasteiger partial charge in [-0.2, -0.15) is 0 Å². The van der Waals surface area contributed by atoms with Gasteiger partial charge in [0.2, 0.25) is 0 Å². The van der Waals surface area contributed by atoms with Crippen LogP contribution in [-0.4, -0.2) is 45.1 Å². The predicted molar refractivity (Wildman–Crippen MR) is 79.0 cm³/mol. The molecule has 0 saturated heterocycles. The first-order valence-electron chi connectivity index (χ1n) is 7.33. The highest BCUT2D eigenvalue weighted by Crippen LogP contribution is 2.17. The molecule has 0 fully saturated rings. The van der Waals surface area contributed by atoms with Crippen molar-refractivity contribution in [1.82, 2.24) is 10.3 Å². The molecule has 0 unspecified atom stereocenters. The first-order chi connectivity index (χ1) is 10.3. The maximum atomic E-state index is 14.1. The van der Waals surface area contributed by atoms with Crippen LogP contribution in [0, 0.1) is 5.82 Å². The second-order valence-corrected chi connectivity index (χ2v) is 4.57. The fraction of sp³-hybridized carbons (Fsp3) is 0.667. The summed E-state index contributed by atoms with van der Waals surface area (Å²) >= 11 is 0. The van der Waals surface area contributed by atoms with Crippen LogP contribution in [0.25, 0.3) is 0 Å². The lowest BCUT2D eigenvalue weighted by atomic mass is 10.2. The summed E-state index contributed by atoms with van der Waals surface area (Å²) in [5, 5.41) is 3.16. The van der Waals surface area contributed by atoms with E-state index in [9.17, 15) is 4.39 Å². The van der Waals surface area contributed by atoms with Crippen molar-refractivity contribution < 1.29 is 18.6 Å². The molecule has 1 aromatic heterocycles. The topological polar surface area (TPSA) is 52.6 Å². The highest BCUT2D eigenvalue weighted by atomic mass is 19.1. The molecule has 5 nitrogen and oxygen atoms in total. The molecule has 21 heavy (non-hydrogen) atoms. The molecular formula is C15H25FN2O3. The summed E-state index contributed by atoms with van der Waals surface area (Å²) < 4.78 is 29.6. The van der Waals surface area contributed by atoms with Gasteiger partial charge in [0.15, 0.2) is 5.82 Å². The van der Waals surface area contributed by atoms with Gasteiger partial charge in [0, 0.05) is 38.4 Å². The van der Waals surface area contributed by atoms with Crippen molar-refractivity contribution in [3.05, 3.63) is 23.6 Å². The van der Waals surface area contributed by atoms with Gasteiger partial charge < -0.3 is 19.5 Å². The molecule has 0 atom stereocenters. The van der Waals surface area contributed by atoms with Crippen molar-refractivity contribution in [3.63, 3.8) is 0 Å². The zero-order valence-electron chi connectivity index (χ0n) is 12.9. The third kappa shape index (κ3) is 7.36. The molecule has 6 heteroatoms. The normalized spacial score (nSPS) is 10.8. The Morgan fingerprint density at radius 3 is 2.86 bits per heavy atom. The van der Waals surface area contributed by atoms with Crippen molar-refractivity contribution in [2.45, 2.75) is 26.3 Å². The maximum absolute atomic E-state index is 14.1. The number of rotatable bonds is 12. The summed E-state index contributed by atoms with van der Waals surface area (Å²) in [6.07, 6.45) is 3.26. The lowest BCUT2D eigenvalue weighted by Crippen LogP contribution is -2.15. The van der Waals surface area contributed by atoms with Crippen molar-refractivity contribution in [1.29, 1.82) is 0 Å². The minimum Gasteiger partial charge on any atom is -0.475 e. The third-order valence-corrected chi connectivity index (χ3v) is 2.78. The van der Waals surface area contributed by atoms with Gasteiger partial charge in [-0.1, -0.05) is 6.92 Å². The van der Waals surface area contributed by atoms with E-state index >= 15 is 0 Å². The number of aromatic nitrogens is 1. The summed E-state index contributed by atoms with van der Waals surface area (Å²) in [6, 6.07) is 1.67. The van der Waals surface area contributed by atoms with Gasteiger partial charge in [-0.3, -0.25) is 0 Å². The molecule has 1 heterocycles. The van der Waals surface area contributed by atoms with Crippen LogP contribution in [0.4, 0.5) is 4.39 Å². The van der Waals surface area contributed by atoms with Gasteiger partial charge in [0.25, 0.3) is 5.88 Å². The Morgan fingerprint density at radius 2 is 2.10 bits per heavy atom. The summed E-state index contributed by atoms with van der Waals surface area (Å²) in [4.78, 5) is 3.93. The average molecular weight is 300 g/mol. The van der Waals surface area contributed by atoms with Gasteiger partial charge in [-0.05, 0) is 19.0 Å². The van der Waals surface area contributed by atoms with Crippen molar-refractivity contribution >= 4 is 0 Å². The van der Waals surface area contributed by atoms with E-state index < -0.39 is 0 Å². The second kappa shape index (κ2) is 11.4. The second-order valence-electron chi connectivity index (χ2n) is 4.57. The lowest BCUT2D eigenvalue weighted by Gasteiger charge is -2.10. The van der Waals surface area contributed by atoms with Crippen LogP contribution >= 0.6 is 0 Å². The molecule has 120 valence electrons. The SMILES string of the molecule is CCCNCc1ccnc(OCCCOCCOC)c1F. The van der Waals surface area contributed by atoms with Gasteiger partial charge in [0.05, 0.1) is 19.8 Å². The van der Waals surface area contributed by atoms with E-state index in [1.54, 1.807) is 19.4 Å². The molecule has 1 rings (SSSR count). The number of hydrogen-bond donors (Lipinski definition) is 1. The Balaban J connectivity index is 2.29. The van der Waals surface area contributed by atoms with E-state index in [1.165, 1.54) is 0 Å². The maximum Gasteiger partial charge on any atom is 0.250 e. The van der Waals surface area contributed by atoms with Crippen molar-refractivity contribution in [2.24, 2.45) is 0 Å². The van der Waals surface area contributed by atoms with Gasteiger partial charge in [-0.25, -0.2) is 9.37 Å². The number of nitrogens with one attached hydrogen (secondary N) is 1. The molecule has 0 spiro atoms. The molecule has 0 amide bonds. The van der Waals surface area contributed by atoms with Crippen LogP contribution in [0.5, 0.6) is 5.88 Å². The fourth-order valence-electron chi connectivity index (χ4n) is 1.67. The summed E-state index contributed by atoms with van der Waals surface area (Å²) in [6.45, 7) is 5.48. The summed E-state index contributed by atoms with van der Waals surface area (Å²) in [5.41, 5.74) is 0.574. The van der Waals surface area contributed by atoms with E-state index in [4.69, 9.17) is 14.2 Å². The van der Waals surface area contributed by atoms with Crippen LogP contribution in [0.15, 0.2) is 12.3 Å². The molecule has 1 N–H and O–H groups in total. The molecule has 0 aromatic carbocycles. The number of ether oxygens (including phenoxy) is 3. The molecule has 0 radical (unpaired) electrons. The summed E-state index contributed by atoms with van der Waals surface area (Å²) in [5.74, 6) is -0.330. The van der Waals surface area contributed by atoms with Crippen LogP contribution in [0.1, 0.15) is 25.3 Å². The minimum absolute atomic E-state index is 0.0580. The smallest absolute Gasteiger partial charge is 0.250 e. The molecule has 0 aliphatic carbocycles. The van der Waals surface area contributed by atoms with Crippen LogP contribution in [-0.2, 0) is 16.0 Å². The number of halogens is 1. The molecule has 0 saturated carbocycles. The fourth-order valence-corrected chi connectivity index (χ4v) is 1.67. The highest BCUT2D eigenvalue weighted by Gasteiger charge is 2.10. The molecule has 0 aliphatic heterocycles. The minimum atomic E-state index is -0.388. The first kappa shape index (κ1) is 17.8. The monoisotopic (exact) mass is 300 g/mol. The van der Waals surface area contributed by atoms with E-state index in [2.05, 4.69) is 17.2 Å². The first-order valence-corrected chi connectivity index (χ1v) is 7.33. The van der Waals surface area contributed by atoms with Gasteiger partial charge >= 0.3 is 0 Å². The number of pyridine rings is 1. The van der Waals surface area contributed by atoms with Crippen molar-refractivity contribution in [2.75, 3.05) is 40.1 Å². The van der Waals surface area contributed by atoms with E-state index in [0.29, 0.717) is 45.0 Å². The van der Waals surface area contributed by atoms with Gasteiger partial charge in [0.1, 0.15) is 0 Å². The number of methoxy groups -OCH3 is 1. The van der Waals surface area contributed by atoms with E-state index in [-0.39, 0.29) is 11.7 Å². The molecular weight excluding hydrogens is 275 g/mol. The molecule has 0 aliphatic rings. The Bertz CT molecular complexity index is 391. The zero-order chi connectivity index (χ0) is 15.3. The van der Waals surface area contributed by atoms with E-state index in [0.717, 1.165) is 13.0 Å². The van der Waals surface area contributed by atoms with E-state index in [1.807, 2.05) is 0 Å². The Hall–Kier alpha value is -1.24. The number of hydrogen-bond acceptors (Lipinski definition) is 5. The average Bonchev–Trinajstić information content (AvgIpc) is 2.49. The Kier molecular flexibility index (Phi) is 9.69. The predicted octanol–water partition coefficient (Wildman–Crippen LogP) is 2.15.